The Morgan fingerprint density at radius 3 is 2.44 bits per heavy atom. The van der Waals surface area contributed by atoms with E-state index >= 15 is 0 Å². The van der Waals surface area contributed by atoms with Crippen molar-refractivity contribution in [3.63, 3.8) is 0 Å². The number of carbonyl (C=O) groups is 1. The van der Waals surface area contributed by atoms with Gasteiger partial charge in [0.2, 0.25) is 5.91 Å². The summed E-state index contributed by atoms with van der Waals surface area (Å²) in [5, 5.41) is 6.67. The summed E-state index contributed by atoms with van der Waals surface area (Å²) >= 11 is 0. The highest BCUT2D eigenvalue weighted by atomic mass is 16.5. The number of carbonyl (C=O) groups excluding carboxylic acids is 1. The van der Waals surface area contributed by atoms with Gasteiger partial charge in [0, 0.05) is 20.0 Å². The first-order valence-corrected chi connectivity index (χ1v) is 5.23. The molecule has 0 saturated carbocycles. The van der Waals surface area contributed by atoms with Crippen LogP contribution in [0.1, 0.15) is 32.5 Å². The van der Waals surface area contributed by atoms with Crippen LogP contribution in [0, 0.1) is 0 Å². The molecule has 1 N–H and O–H groups in total. The number of hydrogen-bond donors (Lipinski definition) is 1. The van der Waals surface area contributed by atoms with Crippen molar-refractivity contribution >= 4 is 11.9 Å². The summed E-state index contributed by atoms with van der Waals surface area (Å²) in [4.78, 5) is 17.2. The molecule has 1 aromatic rings. The lowest BCUT2D eigenvalue weighted by atomic mass is 10.2. The van der Waals surface area contributed by atoms with Crippen LogP contribution in [0.15, 0.2) is 4.52 Å². The van der Waals surface area contributed by atoms with E-state index in [0.717, 1.165) is 0 Å². The summed E-state index contributed by atoms with van der Waals surface area (Å²) in [6.45, 7) is 5.70. The third kappa shape index (κ3) is 2.95. The van der Waals surface area contributed by atoms with Crippen molar-refractivity contribution in [1.29, 1.82) is 0 Å². The molecule has 16 heavy (non-hydrogen) atoms. The zero-order valence-electron chi connectivity index (χ0n) is 10.3. The first-order chi connectivity index (χ1) is 7.41. The van der Waals surface area contributed by atoms with Gasteiger partial charge < -0.3 is 14.7 Å². The highest BCUT2D eigenvalue weighted by Gasteiger charge is 2.17. The fraction of sp³-hybridized carbons (Fsp3) is 0.700. The molecule has 1 rings (SSSR count). The van der Waals surface area contributed by atoms with Crippen LogP contribution in [0.5, 0.6) is 0 Å². The molecule has 1 heterocycles. The number of aromatic nitrogens is 2. The largest absolute Gasteiger partial charge is 0.347 e. The van der Waals surface area contributed by atoms with E-state index in [1.165, 1.54) is 4.90 Å². The zero-order chi connectivity index (χ0) is 12.3. The SMILES string of the molecule is CC(C)c1noc(N[C@@H](C)C(=O)N(C)C)n1. The maximum Gasteiger partial charge on any atom is 0.322 e. The second-order valence-electron chi connectivity index (χ2n) is 4.21. The van der Waals surface area contributed by atoms with Crippen LogP contribution in [-0.4, -0.2) is 41.1 Å². The maximum absolute atomic E-state index is 11.6. The van der Waals surface area contributed by atoms with Gasteiger partial charge in [-0.05, 0) is 6.92 Å². The number of anilines is 1. The minimum absolute atomic E-state index is 0.0377. The van der Waals surface area contributed by atoms with Crippen LogP contribution in [0.2, 0.25) is 0 Å². The zero-order valence-corrected chi connectivity index (χ0v) is 10.3. The Hall–Kier alpha value is -1.59. The second kappa shape index (κ2) is 4.96. The molecule has 90 valence electrons. The normalized spacial score (nSPS) is 12.6. The maximum atomic E-state index is 11.6. The summed E-state index contributed by atoms with van der Waals surface area (Å²) in [5.74, 6) is 0.801. The fourth-order valence-corrected chi connectivity index (χ4v) is 1.16. The van der Waals surface area contributed by atoms with Crippen molar-refractivity contribution in [2.24, 2.45) is 0 Å². The molecule has 1 amide bonds. The van der Waals surface area contributed by atoms with Crippen molar-refractivity contribution in [1.82, 2.24) is 15.0 Å². The lowest BCUT2D eigenvalue weighted by Gasteiger charge is -2.16. The van der Waals surface area contributed by atoms with E-state index in [1.54, 1.807) is 21.0 Å². The van der Waals surface area contributed by atoms with Gasteiger partial charge in [0.05, 0.1) is 0 Å². The molecule has 0 radical (unpaired) electrons. The summed E-state index contributed by atoms with van der Waals surface area (Å²) in [7, 11) is 3.40. The predicted molar refractivity (Wildman–Crippen MR) is 60.2 cm³/mol. The van der Waals surface area contributed by atoms with E-state index in [0.29, 0.717) is 5.82 Å². The lowest BCUT2D eigenvalue weighted by molar-refractivity contribution is -0.129. The van der Waals surface area contributed by atoms with Gasteiger partial charge in [-0.25, -0.2) is 0 Å². The van der Waals surface area contributed by atoms with Gasteiger partial charge in [-0.15, -0.1) is 0 Å². The standard InChI is InChI=1S/C10H18N4O2/c1-6(2)8-12-10(16-13-8)11-7(3)9(15)14(4)5/h6-7H,1-5H3,(H,11,12,13)/t7-/m0/s1. The Labute approximate surface area is 95.0 Å². The molecule has 0 aliphatic carbocycles. The van der Waals surface area contributed by atoms with E-state index in [2.05, 4.69) is 15.5 Å². The molecule has 0 bridgehead atoms. The van der Waals surface area contributed by atoms with Crippen LogP contribution in [0.3, 0.4) is 0 Å². The topological polar surface area (TPSA) is 71.3 Å². The first kappa shape index (κ1) is 12.5. The average molecular weight is 226 g/mol. The van der Waals surface area contributed by atoms with Crippen molar-refractivity contribution in [2.45, 2.75) is 32.7 Å². The summed E-state index contributed by atoms with van der Waals surface area (Å²) in [5.41, 5.74) is 0. The number of nitrogens with zero attached hydrogens (tertiary/aromatic N) is 3. The molecule has 0 aliphatic heterocycles. The molecule has 1 aromatic heterocycles. The van der Waals surface area contributed by atoms with E-state index in [-0.39, 0.29) is 23.9 Å². The number of rotatable bonds is 4. The van der Waals surface area contributed by atoms with Crippen molar-refractivity contribution in [2.75, 3.05) is 19.4 Å². The van der Waals surface area contributed by atoms with Gasteiger partial charge in [-0.1, -0.05) is 19.0 Å². The molecule has 0 aromatic carbocycles. The predicted octanol–water partition coefficient (Wildman–Crippen LogP) is 1.08. The van der Waals surface area contributed by atoms with Crippen LogP contribution in [0.4, 0.5) is 6.01 Å². The fourth-order valence-electron chi connectivity index (χ4n) is 1.16. The monoisotopic (exact) mass is 226 g/mol. The van der Waals surface area contributed by atoms with Gasteiger partial charge in [0.15, 0.2) is 5.82 Å². The molecule has 6 heteroatoms. The van der Waals surface area contributed by atoms with E-state index in [1.807, 2.05) is 13.8 Å². The van der Waals surface area contributed by atoms with E-state index in [4.69, 9.17) is 4.52 Å². The van der Waals surface area contributed by atoms with Gasteiger partial charge in [-0.2, -0.15) is 4.98 Å². The molecular formula is C10H18N4O2. The molecule has 0 saturated heterocycles. The minimum Gasteiger partial charge on any atom is -0.347 e. The molecular weight excluding hydrogens is 208 g/mol. The number of hydrogen-bond acceptors (Lipinski definition) is 5. The van der Waals surface area contributed by atoms with Gasteiger partial charge in [-0.3, -0.25) is 4.79 Å². The third-order valence-electron chi connectivity index (χ3n) is 2.11. The quantitative estimate of drug-likeness (QED) is 0.831. The van der Waals surface area contributed by atoms with Crippen molar-refractivity contribution in [3.8, 4) is 0 Å². The van der Waals surface area contributed by atoms with Crippen LogP contribution in [0.25, 0.3) is 0 Å². The Kier molecular flexibility index (Phi) is 3.87. The van der Waals surface area contributed by atoms with Crippen molar-refractivity contribution < 1.29 is 9.32 Å². The number of nitrogens with one attached hydrogen (secondary N) is 1. The van der Waals surface area contributed by atoms with Crippen LogP contribution >= 0.6 is 0 Å². The molecule has 0 spiro atoms. The van der Waals surface area contributed by atoms with E-state index in [9.17, 15) is 4.79 Å². The highest BCUT2D eigenvalue weighted by molar-refractivity contribution is 5.83. The molecule has 0 unspecified atom stereocenters. The number of amides is 1. The molecule has 0 aliphatic rings. The Morgan fingerprint density at radius 2 is 2.00 bits per heavy atom. The van der Waals surface area contributed by atoms with Crippen molar-refractivity contribution in [3.05, 3.63) is 5.82 Å². The second-order valence-corrected chi connectivity index (χ2v) is 4.21. The van der Waals surface area contributed by atoms with Crippen LogP contribution in [-0.2, 0) is 4.79 Å². The molecule has 1 atom stereocenters. The third-order valence-corrected chi connectivity index (χ3v) is 2.11. The molecule has 6 nitrogen and oxygen atoms in total. The highest BCUT2D eigenvalue weighted by Crippen LogP contribution is 2.13. The van der Waals surface area contributed by atoms with Gasteiger partial charge >= 0.3 is 6.01 Å². The Morgan fingerprint density at radius 1 is 1.38 bits per heavy atom. The first-order valence-electron chi connectivity index (χ1n) is 5.23. The van der Waals surface area contributed by atoms with Gasteiger partial charge in [0.25, 0.3) is 0 Å². The summed E-state index contributed by atoms with van der Waals surface area (Å²) in [6.07, 6.45) is 0. The Balaban J connectivity index is 2.63. The van der Waals surface area contributed by atoms with Crippen LogP contribution < -0.4 is 5.32 Å². The minimum atomic E-state index is -0.379. The summed E-state index contributed by atoms with van der Waals surface area (Å²) < 4.78 is 4.98. The number of likely N-dealkylation sites (N-methyl/N-ethyl adjacent to an activating group) is 1. The van der Waals surface area contributed by atoms with Gasteiger partial charge in [0.1, 0.15) is 6.04 Å². The Bertz CT molecular complexity index is 359. The smallest absolute Gasteiger partial charge is 0.322 e. The lowest BCUT2D eigenvalue weighted by Crippen LogP contribution is -2.36. The van der Waals surface area contributed by atoms with E-state index < -0.39 is 0 Å². The molecule has 0 fully saturated rings. The summed E-state index contributed by atoms with van der Waals surface area (Å²) in [6, 6.07) is -0.0955. The average Bonchev–Trinajstić information content (AvgIpc) is 2.64.